The predicted octanol–water partition coefficient (Wildman–Crippen LogP) is 4.54. The standard InChI is InChI=1S/C21H23N3O2S/c1-14-9-11-17(12-10-14)24-16(3)21(15(2)23-24)22-20(25)13-27-19-8-6-5-7-18(19)26-4/h5-12H,13H2,1-4H3,(H,22,25). The Morgan fingerprint density at radius 1 is 1.11 bits per heavy atom. The molecule has 5 nitrogen and oxygen atoms in total. The quantitative estimate of drug-likeness (QED) is 0.637. The smallest absolute Gasteiger partial charge is 0.234 e. The number of nitrogens with zero attached hydrogens (tertiary/aromatic N) is 2. The minimum atomic E-state index is -0.0689. The Labute approximate surface area is 163 Å². The van der Waals surface area contributed by atoms with Gasteiger partial charge in [-0.05, 0) is 45.0 Å². The first-order valence-electron chi connectivity index (χ1n) is 8.68. The summed E-state index contributed by atoms with van der Waals surface area (Å²) in [5.74, 6) is 1.00. The van der Waals surface area contributed by atoms with Crippen molar-refractivity contribution in [3.63, 3.8) is 0 Å². The van der Waals surface area contributed by atoms with E-state index in [9.17, 15) is 4.79 Å². The van der Waals surface area contributed by atoms with Gasteiger partial charge in [-0.1, -0.05) is 29.8 Å². The van der Waals surface area contributed by atoms with Crippen molar-refractivity contribution in [3.05, 3.63) is 65.5 Å². The van der Waals surface area contributed by atoms with Crippen LogP contribution >= 0.6 is 11.8 Å². The highest BCUT2D eigenvalue weighted by Crippen LogP contribution is 2.29. The van der Waals surface area contributed by atoms with Crippen molar-refractivity contribution in [2.45, 2.75) is 25.7 Å². The maximum atomic E-state index is 12.5. The molecule has 3 rings (SSSR count). The Bertz CT molecular complexity index is 949. The first kappa shape index (κ1) is 19.0. The molecule has 6 heteroatoms. The zero-order valence-corrected chi connectivity index (χ0v) is 16.8. The molecule has 0 radical (unpaired) electrons. The number of aromatic nitrogens is 2. The number of hydrogen-bond donors (Lipinski definition) is 1. The molecule has 140 valence electrons. The predicted molar refractivity (Wildman–Crippen MR) is 110 cm³/mol. The monoisotopic (exact) mass is 381 g/mol. The Hall–Kier alpha value is -2.73. The van der Waals surface area contributed by atoms with Crippen molar-refractivity contribution < 1.29 is 9.53 Å². The van der Waals surface area contributed by atoms with E-state index in [2.05, 4.69) is 17.3 Å². The molecule has 2 aromatic carbocycles. The second-order valence-corrected chi connectivity index (χ2v) is 7.30. The Balaban J connectivity index is 1.72. The lowest BCUT2D eigenvalue weighted by atomic mass is 10.2. The molecule has 1 heterocycles. The Kier molecular flexibility index (Phi) is 5.86. The number of amides is 1. The molecule has 0 spiro atoms. The normalized spacial score (nSPS) is 10.7. The molecule has 0 saturated heterocycles. The lowest BCUT2D eigenvalue weighted by Gasteiger charge is -2.09. The van der Waals surface area contributed by atoms with Gasteiger partial charge >= 0.3 is 0 Å². The Morgan fingerprint density at radius 2 is 1.81 bits per heavy atom. The second-order valence-electron chi connectivity index (χ2n) is 6.28. The van der Waals surface area contributed by atoms with Crippen molar-refractivity contribution in [3.8, 4) is 11.4 Å². The number of rotatable bonds is 6. The number of para-hydroxylation sites is 1. The van der Waals surface area contributed by atoms with E-state index in [4.69, 9.17) is 4.74 Å². The third kappa shape index (κ3) is 4.34. The molecule has 0 aliphatic carbocycles. The molecule has 1 amide bonds. The van der Waals surface area contributed by atoms with Crippen molar-refractivity contribution in [1.29, 1.82) is 0 Å². The van der Waals surface area contributed by atoms with Crippen molar-refractivity contribution in [2.75, 3.05) is 18.2 Å². The topological polar surface area (TPSA) is 56.1 Å². The van der Waals surface area contributed by atoms with Crippen LogP contribution in [0.1, 0.15) is 17.0 Å². The van der Waals surface area contributed by atoms with Crippen LogP contribution in [0.15, 0.2) is 53.4 Å². The van der Waals surface area contributed by atoms with Crippen LogP contribution in [0.3, 0.4) is 0 Å². The minimum absolute atomic E-state index is 0.0689. The largest absolute Gasteiger partial charge is 0.496 e. The van der Waals surface area contributed by atoms with Gasteiger partial charge in [0.15, 0.2) is 0 Å². The summed E-state index contributed by atoms with van der Waals surface area (Å²) >= 11 is 1.45. The summed E-state index contributed by atoms with van der Waals surface area (Å²) in [6.45, 7) is 5.92. The number of methoxy groups -OCH3 is 1. The molecule has 27 heavy (non-hydrogen) atoms. The number of carbonyl (C=O) groups excluding carboxylic acids is 1. The van der Waals surface area contributed by atoms with Crippen LogP contribution in [0, 0.1) is 20.8 Å². The van der Waals surface area contributed by atoms with Crippen LogP contribution in [0.2, 0.25) is 0 Å². The van der Waals surface area contributed by atoms with Gasteiger partial charge in [0.1, 0.15) is 5.75 Å². The number of thioether (sulfide) groups is 1. The lowest BCUT2D eigenvalue weighted by molar-refractivity contribution is -0.113. The van der Waals surface area contributed by atoms with E-state index in [0.29, 0.717) is 5.75 Å². The van der Waals surface area contributed by atoms with Crippen LogP contribution in [-0.2, 0) is 4.79 Å². The van der Waals surface area contributed by atoms with Crippen molar-refractivity contribution in [1.82, 2.24) is 9.78 Å². The summed E-state index contributed by atoms with van der Waals surface area (Å²) in [6.07, 6.45) is 0. The van der Waals surface area contributed by atoms with Gasteiger partial charge in [-0.15, -0.1) is 11.8 Å². The second kappa shape index (κ2) is 8.31. The third-order valence-electron chi connectivity index (χ3n) is 4.26. The van der Waals surface area contributed by atoms with E-state index in [1.807, 2.05) is 67.1 Å². The lowest BCUT2D eigenvalue weighted by Crippen LogP contribution is -2.15. The van der Waals surface area contributed by atoms with Crippen LogP contribution in [0.4, 0.5) is 5.69 Å². The van der Waals surface area contributed by atoms with Gasteiger partial charge in [0.25, 0.3) is 0 Å². The highest BCUT2D eigenvalue weighted by molar-refractivity contribution is 8.00. The fourth-order valence-corrected chi connectivity index (χ4v) is 3.64. The van der Waals surface area contributed by atoms with E-state index < -0.39 is 0 Å². The van der Waals surface area contributed by atoms with Crippen LogP contribution in [0.25, 0.3) is 5.69 Å². The minimum Gasteiger partial charge on any atom is -0.496 e. The van der Waals surface area contributed by atoms with Gasteiger partial charge in [-0.2, -0.15) is 5.10 Å². The molecule has 0 fully saturated rings. The van der Waals surface area contributed by atoms with Crippen LogP contribution in [-0.4, -0.2) is 28.6 Å². The van der Waals surface area contributed by atoms with Crippen LogP contribution < -0.4 is 10.1 Å². The van der Waals surface area contributed by atoms with E-state index in [1.54, 1.807) is 7.11 Å². The average molecular weight is 382 g/mol. The molecule has 0 saturated carbocycles. The Morgan fingerprint density at radius 3 is 2.52 bits per heavy atom. The molecule has 1 N–H and O–H groups in total. The highest BCUT2D eigenvalue weighted by atomic mass is 32.2. The van der Waals surface area contributed by atoms with E-state index in [0.717, 1.165) is 33.4 Å². The number of carbonyl (C=O) groups is 1. The average Bonchev–Trinajstić information content (AvgIpc) is 2.95. The zero-order chi connectivity index (χ0) is 19.4. The van der Waals surface area contributed by atoms with Gasteiger partial charge in [0.2, 0.25) is 5.91 Å². The summed E-state index contributed by atoms with van der Waals surface area (Å²) < 4.78 is 7.19. The number of ether oxygens (including phenoxy) is 1. The molecular formula is C21H23N3O2S. The summed E-state index contributed by atoms with van der Waals surface area (Å²) in [7, 11) is 1.63. The van der Waals surface area contributed by atoms with Gasteiger partial charge in [0, 0.05) is 4.90 Å². The van der Waals surface area contributed by atoms with E-state index in [1.165, 1.54) is 17.3 Å². The van der Waals surface area contributed by atoms with Gasteiger partial charge in [0.05, 0.1) is 35.6 Å². The molecule has 0 unspecified atom stereocenters. The number of hydrogen-bond acceptors (Lipinski definition) is 4. The SMILES string of the molecule is COc1ccccc1SCC(=O)Nc1c(C)nn(-c2ccc(C)cc2)c1C. The summed E-state index contributed by atoms with van der Waals surface area (Å²) in [4.78, 5) is 13.4. The van der Waals surface area contributed by atoms with E-state index in [-0.39, 0.29) is 5.91 Å². The first-order chi connectivity index (χ1) is 13.0. The fraction of sp³-hybridized carbons (Fsp3) is 0.238. The summed E-state index contributed by atoms with van der Waals surface area (Å²) in [6, 6.07) is 15.8. The molecule has 0 aliphatic heterocycles. The third-order valence-corrected chi connectivity index (χ3v) is 5.32. The summed E-state index contributed by atoms with van der Waals surface area (Å²) in [5, 5.41) is 7.59. The summed E-state index contributed by atoms with van der Waals surface area (Å²) in [5.41, 5.74) is 4.64. The van der Waals surface area contributed by atoms with Gasteiger partial charge in [-0.3, -0.25) is 4.79 Å². The maximum Gasteiger partial charge on any atom is 0.234 e. The molecule has 0 aliphatic rings. The van der Waals surface area contributed by atoms with E-state index >= 15 is 0 Å². The number of nitrogens with one attached hydrogen (secondary N) is 1. The van der Waals surface area contributed by atoms with Crippen molar-refractivity contribution in [2.24, 2.45) is 0 Å². The van der Waals surface area contributed by atoms with Gasteiger partial charge in [-0.25, -0.2) is 4.68 Å². The van der Waals surface area contributed by atoms with Gasteiger partial charge < -0.3 is 10.1 Å². The highest BCUT2D eigenvalue weighted by Gasteiger charge is 2.16. The molecule has 1 aromatic heterocycles. The van der Waals surface area contributed by atoms with Crippen LogP contribution in [0.5, 0.6) is 5.75 Å². The molecule has 0 atom stereocenters. The first-order valence-corrected chi connectivity index (χ1v) is 9.67. The number of anilines is 1. The molecular weight excluding hydrogens is 358 g/mol. The molecule has 0 bridgehead atoms. The molecule has 3 aromatic rings. The maximum absolute atomic E-state index is 12.5. The zero-order valence-electron chi connectivity index (χ0n) is 15.9. The van der Waals surface area contributed by atoms with Crippen molar-refractivity contribution >= 4 is 23.4 Å². The number of benzene rings is 2. The fourth-order valence-electron chi connectivity index (χ4n) is 2.82. The number of aryl methyl sites for hydroxylation is 2.